The van der Waals surface area contributed by atoms with Gasteiger partial charge in [-0.05, 0) is 28.9 Å². The van der Waals surface area contributed by atoms with E-state index in [0.717, 1.165) is 23.3 Å². The second-order valence-corrected chi connectivity index (χ2v) is 6.24. The largest absolute Gasteiger partial charge is 0.611 e. The van der Waals surface area contributed by atoms with Crippen LogP contribution in [-0.2, 0) is 31.9 Å². The molecule has 0 aromatic heterocycles. The van der Waals surface area contributed by atoms with E-state index in [4.69, 9.17) is 4.74 Å². The van der Waals surface area contributed by atoms with E-state index in [1.165, 1.54) is 7.11 Å². The smallest absolute Gasteiger partial charge is 0.309 e. The summed E-state index contributed by atoms with van der Waals surface area (Å²) in [5.41, 5.74) is 0.875. The SMILES string of the molecule is COC(=O)Cc1ccc([S+]([O-])C2CCOCC2)cc1. The summed E-state index contributed by atoms with van der Waals surface area (Å²) in [6.07, 6.45) is 1.94. The quantitative estimate of drug-likeness (QED) is 0.623. The van der Waals surface area contributed by atoms with Gasteiger partial charge in [0.1, 0.15) is 5.25 Å². The zero-order valence-corrected chi connectivity index (χ0v) is 11.8. The highest BCUT2D eigenvalue weighted by Crippen LogP contribution is 2.23. The Morgan fingerprint density at radius 3 is 2.58 bits per heavy atom. The molecule has 0 bridgehead atoms. The van der Waals surface area contributed by atoms with Crippen LogP contribution >= 0.6 is 0 Å². The van der Waals surface area contributed by atoms with Crippen molar-refractivity contribution < 1.29 is 18.8 Å². The Morgan fingerprint density at radius 1 is 1.37 bits per heavy atom. The molecule has 0 spiro atoms. The van der Waals surface area contributed by atoms with E-state index < -0.39 is 11.2 Å². The van der Waals surface area contributed by atoms with Gasteiger partial charge in [-0.15, -0.1) is 0 Å². The second kappa shape index (κ2) is 6.93. The summed E-state index contributed by atoms with van der Waals surface area (Å²) in [4.78, 5) is 12.0. The van der Waals surface area contributed by atoms with Gasteiger partial charge in [0.25, 0.3) is 0 Å². The molecule has 0 amide bonds. The number of ether oxygens (including phenoxy) is 2. The number of carbonyl (C=O) groups is 1. The maximum absolute atomic E-state index is 12.4. The molecule has 104 valence electrons. The maximum atomic E-state index is 12.4. The van der Waals surface area contributed by atoms with Crippen LogP contribution in [0.15, 0.2) is 29.2 Å². The molecule has 1 atom stereocenters. The molecule has 0 radical (unpaired) electrons. The predicted octanol–water partition coefficient (Wildman–Crippen LogP) is 1.69. The van der Waals surface area contributed by atoms with Gasteiger partial charge in [-0.1, -0.05) is 12.1 Å². The Kier molecular flexibility index (Phi) is 5.24. The molecule has 1 aliphatic rings. The minimum absolute atomic E-state index is 0.181. The van der Waals surface area contributed by atoms with Crippen LogP contribution in [0.3, 0.4) is 0 Å². The second-order valence-electron chi connectivity index (χ2n) is 4.51. The molecule has 0 saturated carbocycles. The number of hydrogen-bond donors (Lipinski definition) is 0. The minimum Gasteiger partial charge on any atom is -0.611 e. The zero-order chi connectivity index (χ0) is 13.7. The highest BCUT2D eigenvalue weighted by Gasteiger charge is 2.27. The van der Waals surface area contributed by atoms with Crippen molar-refractivity contribution in [3.8, 4) is 0 Å². The van der Waals surface area contributed by atoms with Gasteiger partial charge in [0.2, 0.25) is 0 Å². The molecule has 4 nitrogen and oxygen atoms in total. The van der Waals surface area contributed by atoms with Gasteiger partial charge < -0.3 is 14.0 Å². The standard InChI is InChI=1S/C14H18O4S/c1-17-14(15)10-11-2-4-12(5-3-11)19(16)13-6-8-18-9-7-13/h2-5,13H,6-10H2,1H3. The molecule has 5 heteroatoms. The summed E-state index contributed by atoms with van der Waals surface area (Å²) in [7, 11) is 1.37. The number of hydrogen-bond acceptors (Lipinski definition) is 4. The minimum atomic E-state index is -0.989. The number of rotatable bonds is 4. The number of methoxy groups -OCH3 is 1. The third kappa shape index (κ3) is 3.96. The van der Waals surface area contributed by atoms with Crippen LogP contribution in [0.1, 0.15) is 18.4 Å². The van der Waals surface area contributed by atoms with Gasteiger partial charge in [0.15, 0.2) is 4.90 Å². The summed E-state index contributed by atoms with van der Waals surface area (Å²) < 4.78 is 22.2. The summed E-state index contributed by atoms with van der Waals surface area (Å²) in [6, 6.07) is 7.35. The topological polar surface area (TPSA) is 58.6 Å². The van der Waals surface area contributed by atoms with Crippen molar-refractivity contribution in [1.82, 2.24) is 0 Å². The number of benzene rings is 1. The molecule has 1 aliphatic heterocycles. The third-order valence-electron chi connectivity index (χ3n) is 3.20. The summed E-state index contributed by atoms with van der Waals surface area (Å²) in [6.45, 7) is 1.38. The average molecular weight is 282 g/mol. The molecule has 19 heavy (non-hydrogen) atoms. The summed E-state index contributed by atoms with van der Waals surface area (Å²) >= 11 is -0.989. The fourth-order valence-corrected chi connectivity index (χ4v) is 3.47. The zero-order valence-electron chi connectivity index (χ0n) is 11.0. The predicted molar refractivity (Wildman–Crippen MR) is 72.4 cm³/mol. The lowest BCUT2D eigenvalue weighted by Crippen LogP contribution is -2.28. The van der Waals surface area contributed by atoms with E-state index in [9.17, 15) is 9.35 Å². The first-order valence-corrected chi connectivity index (χ1v) is 7.56. The lowest BCUT2D eigenvalue weighted by atomic mass is 10.1. The van der Waals surface area contributed by atoms with Crippen molar-refractivity contribution in [2.24, 2.45) is 0 Å². The van der Waals surface area contributed by atoms with Crippen molar-refractivity contribution in [2.75, 3.05) is 20.3 Å². The van der Waals surface area contributed by atoms with Crippen LogP contribution in [0, 0.1) is 0 Å². The lowest BCUT2D eigenvalue weighted by molar-refractivity contribution is -0.139. The van der Waals surface area contributed by atoms with Gasteiger partial charge >= 0.3 is 5.97 Å². The lowest BCUT2D eigenvalue weighted by Gasteiger charge is -2.24. The van der Waals surface area contributed by atoms with Crippen LogP contribution in [0.2, 0.25) is 0 Å². The van der Waals surface area contributed by atoms with Gasteiger partial charge in [-0.2, -0.15) is 0 Å². The van der Waals surface area contributed by atoms with Gasteiger partial charge in [0.05, 0.1) is 26.7 Å². The van der Waals surface area contributed by atoms with E-state index in [-0.39, 0.29) is 17.6 Å². The van der Waals surface area contributed by atoms with Gasteiger partial charge in [0, 0.05) is 12.8 Å². The summed E-state index contributed by atoms with van der Waals surface area (Å²) in [5, 5.41) is 0.181. The molecule has 1 saturated heterocycles. The third-order valence-corrected chi connectivity index (χ3v) is 5.02. The monoisotopic (exact) mass is 282 g/mol. The van der Waals surface area contributed by atoms with Crippen molar-refractivity contribution in [3.63, 3.8) is 0 Å². The molecule has 1 aromatic carbocycles. The Labute approximate surface area is 116 Å². The van der Waals surface area contributed by atoms with Crippen LogP contribution in [0.5, 0.6) is 0 Å². The Morgan fingerprint density at radius 2 is 2.00 bits per heavy atom. The first-order valence-electron chi connectivity index (χ1n) is 6.35. The first kappa shape index (κ1) is 14.4. The highest BCUT2D eigenvalue weighted by atomic mass is 32.2. The Hall–Kier alpha value is -1.04. The summed E-state index contributed by atoms with van der Waals surface area (Å²) in [5.74, 6) is -0.265. The van der Waals surface area contributed by atoms with E-state index in [1.54, 1.807) is 0 Å². The van der Waals surface area contributed by atoms with Crippen molar-refractivity contribution in [2.45, 2.75) is 29.4 Å². The Balaban J connectivity index is 1.98. The van der Waals surface area contributed by atoms with Gasteiger partial charge in [-0.25, -0.2) is 0 Å². The van der Waals surface area contributed by atoms with E-state index in [2.05, 4.69) is 4.74 Å². The van der Waals surface area contributed by atoms with E-state index in [1.807, 2.05) is 24.3 Å². The molecular weight excluding hydrogens is 264 g/mol. The normalized spacial score (nSPS) is 18.0. The number of esters is 1. The van der Waals surface area contributed by atoms with Crippen LogP contribution < -0.4 is 0 Å². The molecule has 1 aromatic rings. The van der Waals surface area contributed by atoms with E-state index in [0.29, 0.717) is 13.2 Å². The fraction of sp³-hybridized carbons (Fsp3) is 0.500. The molecule has 0 aliphatic carbocycles. The van der Waals surface area contributed by atoms with Gasteiger partial charge in [-0.3, -0.25) is 4.79 Å². The maximum Gasteiger partial charge on any atom is 0.309 e. The van der Waals surface area contributed by atoms with Crippen molar-refractivity contribution in [1.29, 1.82) is 0 Å². The van der Waals surface area contributed by atoms with E-state index >= 15 is 0 Å². The molecule has 1 unspecified atom stereocenters. The molecule has 1 fully saturated rings. The average Bonchev–Trinajstić information content (AvgIpc) is 2.48. The van der Waals surface area contributed by atoms with Crippen LogP contribution in [0.4, 0.5) is 0 Å². The molecular formula is C14H18O4S. The molecule has 0 N–H and O–H groups in total. The highest BCUT2D eigenvalue weighted by molar-refractivity contribution is 7.92. The first-order chi connectivity index (χ1) is 9.20. The van der Waals surface area contributed by atoms with Crippen LogP contribution in [0.25, 0.3) is 0 Å². The van der Waals surface area contributed by atoms with Crippen molar-refractivity contribution in [3.05, 3.63) is 29.8 Å². The van der Waals surface area contributed by atoms with Crippen LogP contribution in [-0.4, -0.2) is 36.1 Å². The Bertz CT molecular complexity index is 412. The fourth-order valence-electron chi connectivity index (χ4n) is 2.06. The van der Waals surface area contributed by atoms with Crippen molar-refractivity contribution >= 4 is 17.1 Å². The molecule has 1 heterocycles. The molecule has 2 rings (SSSR count). The number of carbonyl (C=O) groups excluding carboxylic acids is 1.